The van der Waals surface area contributed by atoms with Gasteiger partial charge in [0.2, 0.25) is 0 Å². The van der Waals surface area contributed by atoms with Gasteiger partial charge in [-0.2, -0.15) is 0 Å². The molecule has 1 atom stereocenters. The van der Waals surface area contributed by atoms with Gasteiger partial charge in [-0.05, 0) is 56.4 Å². The standard InChI is InChI=1S/C12H21NO2S/c14-16(15)6-5-11(8-16)13-7-12(9-1-2-9)10-3-4-10/h9-13H,1-8H2. The molecule has 0 aromatic carbocycles. The summed E-state index contributed by atoms with van der Waals surface area (Å²) in [6, 6.07) is 0.241. The molecular formula is C12H21NO2S. The van der Waals surface area contributed by atoms with Crippen LogP contribution in [0.15, 0.2) is 0 Å². The average molecular weight is 243 g/mol. The van der Waals surface area contributed by atoms with Crippen molar-refractivity contribution in [2.75, 3.05) is 18.1 Å². The van der Waals surface area contributed by atoms with Gasteiger partial charge in [0.25, 0.3) is 0 Å². The van der Waals surface area contributed by atoms with Crippen molar-refractivity contribution in [1.82, 2.24) is 5.32 Å². The van der Waals surface area contributed by atoms with Gasteiger partial charge >= 0.3 is 0 Å². The van der Waals surface area contributed by atoms with Crippen LogP contribution in [0.2, 0.25) is 0 Å². The van der Waals surface area contributed by atoms with E-state index in [1.807, 2.05) is 0 Å². The van der Waals surface area contributed by atoms with Crippen LogP contribution in [0.5, 0.6) is 0 Å². The van der Waals surface area contributed by atoms with E-state index in [1.165, 1.54) is 25.7 Å². The summed E-state index contributed by atoms with van der Waals surface area (Å²) in [5.41, 5.74) is 0. The molecule has 1 heterocycles. The molecule has 4 heteroatoms. The minimum atomic E-state index is -2.72. The Labute approximate surface area is 97.9 Å². The molecule has 3 fully saturated rings. The van der Waals surface area contributed by atoms with E-state index in [0.717, 1.165) is 30.7 Å². The second kappa shape index (κ2) is 3.98. The van der Waals surface area contributed by atoms with E-state index in [2.05, 4.69) is 5.32 Å². The highest BCUT2D eigenvalue weighted by Crippen LogP contribution is 2.48. The van der Waals surface area contributed by atoms with Crippen molar-refractivity contribution in [3.05, 3.63) is 0 Å². The first-order chi connectivity index (χ1) is 7.64. The minimum Gasteiger partial charge on any atom is -0.313 e. The summed E-state index contributed by atoms with van der Waals surface area (Å²) in [6.07, 6.45) is 6.46. The van der Waals surface area contributed by atoms with Crippen molar-refractivity contribution >= 4 is 9.84 Å². The molecule has 3 aliphatic rings. The van der Waals surface area contributed by atoms with Crippen LogP contribution in [-0.4, -0.2) is 32.5 Å². The van der Waals surface area contributed by atoms with Gasteiger partial charge in [0, 0.05) is 6.04 Å². The van der Waals surface area contributed by atoms with Gasteiger partial charge in [-0.1, -0.05) is 0 Å². The Balaban J connectivity index is 1.48. The highest BCUT2D eigenvalue weighted by atomic mass is 32.2. The van der Waals surface area contributed by atoms with Crippen molar-refractivity contribution in [2.24, 2.45) is 17.8 Å². The van der Waals surface area contributed by atoms with Gasteiger partial charge in [0.15, 0.2) is 9.84 Å². The molecule has 0 aromatic rings. The van der Waals surface area contributed by atoms with Crippen molar-refractivity contribution in [3.63, 3.8) is 0 Å². The molecule has 1 unspecified atom stereocenters. The molecule has 2 aliphatic carbocycles. The highest BCUT2D eigenvalue weighted by Gasteiger charge is 2.41. The second-order valence-electron chi connectivity index (χ2n) is 5.85. The molecule has 0 bridgehead atoms. The first kappa shape index (κ1) is 11.0. The molecule has 3 rings (SSSR count). The van der Waals surface area contributed by atoms with Crippen LogP contribution in [0.1, 0.15) is 32.1 Å². The lowest BCUT2D eigenvalue weighted by atomic mass is 9.97. The SMILES string of the molecule is O=S1(=O)CCC(NCC(C2CC2)C2CC2)C1. The third kappa shape index (κ3) is 2.59. The first-order valence-electron chi connectivity index (χ1n) is 6.58. The quantitative estimate of drug-likeness (QED) is 0.789. The van der Waals surface area contributed by atoms with Crippen LogP contribution in [0.4, 0.5) is 0 Å². The molecule has 1 N–H and O–H groups in total. The zero-order valence-electron chi connectivity index (χ0n) is 9.69. The normalized spacial score (nSPS) is 33.4. The van der Waals surface area contributed by atoms with Crippen molar-refractivity contribution < 1.29 is 8.42 Å². The first-order valence-corrected chi connectivity index (χ1v) is 8.40. The van der Waals surface area contributed by atoms with Gasteiger partial charge in [0.05, 0.1) is 11.5 Å². The Morgan fingerprint density at radius 1 is 1.06 bits per heavy atom. The molecule has 0 aromatic heterocycles. The maximum atomic E-state index is 11.3. The molecule has 1 saturated heterocycles. The maximum Gasteiger partial charge on any atom is 0.151 e. The summed E-state index contributed by atoms with van der Waals surface area (Å²) < 4.78 is 22.7. The zero-order chi connectivity index (χ0) is 11.2. The van der Waals surface area contributed by atoms with Crippen LogP contribution < -0.4 is 5.32 Å². The summed E-state index contributed by atoms with van der Waals surface area (Å²) in [5, 5.41) is 3.50. The molecule has 92 valence electrons. The van der Waals surface area contributed by atoms with Crippen molar-refractivity contribution in [3.8, 4) is 0 Å². The fraction of sp³-hybridized carbons (Fsp3) is 1.00. The third-order valence-electron chi connectivity index (χ3n) is 4.33. The fourth-order valence-corrected chi connectivity index (χ4v) is 4.73. The molecular weight excluding hydrogens is 222 g/mol. The Bertz CT molecular complexity index is 345. The zero-order valence-corrected chi connectivity index (χ0v) is 10.5. The van der Waals surface area contributed by atoms with Gasteiger partial charge in [-0.3, -0.25) is 0 Å². The average Bonchev–Trinajstić information content (AvgIpc) is 3.08. The third-order valence-corrected chi connectivity index (χ3v) is 6.10. The Morgan fingerprint density at radius 2 is 1.69 bits per heavy atom. The van der Waals surface area contributed by atoms with E-state index < -0.39 is 9.84 Å². The van der Waals surface area contributed by atoms with Crippen molar-refractivity contribution in [2.45, 2.75) is 38.1 Å². The van der Waals surface area contributed by atoms with Gasteiger partial charge in [0.1, 0.15) is 0 Å². The lowest BCUT2D eigenvalue weighted by Gasteiger charge is -2.19. The monoisotopic (exact) mass is 243 g/mol. The molecule has 0 radical (unpaired) electrons. The van der Waals surface area contributed by atoms with Crippen LogP contribution in [-0.2, 0) is 9.84 Å². The van der Waals surface area contributed by atoms with E-state index in [4.69, 9.17) is 0 Å². The summed E-state index contributed by atoms with van der Waals surface area (Å²) >= 11 is 0. The fourth-order valence-electron chi connectivity index (χ4n) is 3.03. The largest absolute Gasteiger partial charge is 0.313 e. The molecule has 0 amide bonds. The molecule has 16 heavy (non-hydrogen) atoms. The van der Waals surface area contributed by atoms with E-state index in [-0.39, 0.29) is 6.04 Å². The second-order valence-corrected chi connectivity index (χ2v) is 8.08. The number of hydrogen-bond donors (Lipinski definition) is 1. The van der Waals surface area contributed by atoms with Crippen LogP contribution in [0, 0.1) is 17.8 Å². The molecule has 2 saturated carbocycles. The lowest BCUT2D eigenvalue weighted by Crippen LogP contribution is -2.35. The highest BCUT2D eigenvalue weighted by molar-refractivity contribution is 7.91. The Morgan fingerprint density at radius 3 is 2.12 bits per heavy atom. The van der Waals surface area contributed by atoms with Crippen LogP contribution in [0.3, 0.4) is 0 Å². The van der Waals surface area contributed by atoms with E-state index >= 15 is 0 Å². The van der Waals surface area contributed by atoms with Crippen LogP contribution >= 0.6 is 0 Å². The predicted octanol–water partition coefficient (Wildman–Crippen LogP) is 1.20. The number of rotatable bonds is 5. The summed E-state index contributed by atoms with van der Waals surface area (Å²) in [7, 11) is -2.72. The van der Waals surface area contributed by atoms with Gasteiger partial charge < -0.3 is 5.32 Å². The Kier molecular flexibility index (Phi) is 2.75. The number of nitrogens with one attached hydrogen (secondary N) is 1. The van der Waals surface area contributed by atoms with E-state index in [1.54, 1.807) is 0 Å². The topological polar surface area (TPSA) is 46.2 Å². The van der Waals surface area contributed by atoms with E-state index in [0.29, 0.717) is 11.5 Å². The Hall–Kier alpha value is -0.0900. The molecule has 0 spiro atoms. The maximum absolute atomic E-state index is 11.3. The number of sulfone groups is 1. The molecule has 1 aliphatic heterocycles. The summed E-state index contributed by atoms with van der Waals surface area (Å²) in [4.78, 5) is 0. The molecule has 3 nitrogen and oxygen atoms in total. The summed E-state index contributed by atoms with van der Waals surface area (Å²) in [6.45, 7) is 1.06. The van der Waals surface area contributed by atoms with Gasteiger partial charge in [-0.15, -0.1) is 0 Å². The number of hydrogen-bond acceptors (Lipinski definition) is 3. The van der Waals surface area contributed by atoms with E-state index in [9.17, 15) is 8.42 Å². The summed E-state index contributed by atoms with van der Waals surface area (Å²) in [5.74, 6) is 3.52. The minimum absolute atomic E-state index is 0.241. The van der Waals surface area contributed by atoms with Crippen molar-refractivity contribution in [1.29, 1.82) is 0 Å². The lowest BCUT2D eigenvalue weighted by molar-refractivity contribution is 0.361. The van der Waals surface area contributed by atoms with Crippen LogP contribution in [0.25, 0.3) is 0 Å². The predicted molar refractivity (Wildman–Crippen MR) is 64.0 cm³/mol. The van der Waals surface area contributed by atoms with Gasteiger partial charge in [-0.25, -0.2) is 8.42 Å². The smallest absolute Gasteiger partial charge is 0.151 e.